The number of allylic oxidation sites excluding steroid dienone is 2. The zero-order chi connectivity index (χ0) is 58.6. The van der Waals surface area contributed by atoms with Gasteiger partial charge in [0.05, 0.1) is 25.4 Å². The minimum atomic E-state index is -1.55. The average molecular weight is 1150 g/mol. The van der Waals surface area contributed by atoms with Crippen LogP contribution >= 0.6 is 0 Å². The van der Waals surface area contributed by atoms with Crippen LogP contribution in [0.3, 0.4) is 0 Å². The van der Waals surface area contributed by atoms with Gasteiger partial charge in [-0.05, 0) is 38.5 Å². The molecule has 1 aliphatic heterocycles. The first-order chi connectivity index (χ1) is 39.8. The molecule has 0 bridgehead atoms. The van der Waals surface area contributed by atoms with Crippen LogP contribution in [-0.4, -0.2) is 87.5 Å². The Bertz CT molecular complexity index is 1280. The summed E-state index contributed by atoms with van der Waals surface area (Å²) in [6.45, 7) is 3.90. The molecule has 0 spiro atoms. The number of amides is 1. The summed E-state index contributed by atoms with van der Waals surface area (Å²) in [7, 11) is 0. The maximum absolute atomic E-state index is 13.2. The average Bonchev–Trinajstić information content (AvgIpc) is 3.48. The summed E-state index contributed by atoms with van der Waals surface area (Å²) in [6, 6.07) is -0.718. The number of nitrogens with one attached hydrogen (secondary N) is 1. The monoisotopic (exact) mass is 1150 g/mol. The van der Waals surface area contributed by atoms with E-state index < -0.39 is 49.5 Å². The fraction of sp³-hybridized carbons (Fsp3) is 0.958. The van der Waals surface area contributed by atoms with Gasteiger partial charge < -0.3 is 40.3 Å². The second kappa shape index (κ2) is 62.0. The minimum absolute atomic E-state index is 0.132. The third kappa shape index (κ3) is 50.8. The van der Waals surface area contributed by atoms with Crippen molar-refractivity contribution in [1.29, 1.82) is 0 Å². The Labute approximate surface area is 503 Å². The van der Waals surface area contributed by atoms with E-state index in [4.69, 9.17) is 9.47 Å². The molecular weight excluding hydrogens is 1010 g/mol. The zero-order valence-electron chi connectivity index (χ0n) is 54.1. The molecule has 81 heavy (non-hydrogen) atoms. The molecule has 0 aliphatic carbocycles. The second-order valence-corrected chi connectivity index (χ2v) is 25.7. The molecule has 1 aliphatic rings. The van der Waals surface area contributed by atoms with E-state index in [0.29, 0.717) is 12.8 Å². The van der Waals surface area contributed by atoms with E-state index in [1.165, 1.54) is 321 Å². The van der Waals surface area contributed by atoms with Crippen molar-refractivity contribution in [2.24, 2.45) is 0 Å². The molecule has 0 aromatic heterocycles. The lowest BCUT2D eigenvalue weighted by Gasteiger charge is -2.40. The first-order valence-electron chi connectivity index (χ1n) is 36.4. The second-order valence-electron chi connectivity index (χ2n) is 25.7. The van der Waals surface area contributed by atoms with Crippen LogP contribution in [0.5, 0.6) is 0 Å². The highest BCUT2D eigenvalue weighted by Crippen LogP contribution is 2.24. The van der Waals surface area contributed by atoms with Crippen LogP contribution in [0.4, 0.5) is 0 Å². The molecule has 0 aromatic carbocycles. The maximum atomic E-state index is 13.2. The smallest absolute Gasteiger partial charge is 0.220 e. The number of rotatable bonds is 65. The van der Waals surface area contributed by atoms with Crippen LogP contribution < -0.4 is 5.32 Å². The highest BCUT2D eigenvalue weighted by atomic mass is 16.7. The van der Waals surface area contributed by atoms with Crippen molar-refractivity contribution in [1.82, 2.24) is 5.32 Å². The molecule has 1 amide bonds. The molecule has 7 atom stereocenters. The summed E-state index contributed by atoms with van der Waals surface area (Å²) in [4.78, 5) is 13.2. The molecule has 6 N–H and O–H groups in total. The number of hydrogen-bond acceptors (Lipinski definition) is 8. The van der Waals surface area contributed by atoms with Crippen LogP contribution in [-0.2, 0) is 14.3 Å². The van der Waals surface area contributed by atoms with Gasteiger partial charge in [-0.3, -0.25) is 4.79 Å². The van der Waals surface area contributed by atoms with Gasteiger partial charge in [0.15, 0.2) is 6.29 Å². The van der Waals surface area contributed by atoms with Gasteiger partial charge in [0.2, 0.25) is 5.91 Å². The number of aliphatic hydroxyl groups is 5. The van der Waals surface area contributed by atoms with E-state index in [1.54, 1.807) is 0 Å². The molecule has 1 fully saturated rings. The van der Waals surface area contributed by atoms with Crippen molar-refractivity contribution in [2.45, 2.75) is 429 Å². The molecule has 1 heterocycles. The predicted molar refractivity (Wildman–Crippen MR) is 346 cm³/mol. The van der Waals surface area contributed by atoms with Crippen LogP contribution in [0.2, 0.25) is 0 Å². The van der Waals surface area contributed by atoms with Gasteiger partial charge >= 0.3 is 0 Å². The normalized spacial score (nSPS) is 18.3. The molecule has 1 rings (SSSR count). The van der Waals surface area contributed by atoms with E-state index in [-0.39, 0.29) is 12.5 Å². The number of carbonyl (C=O) groups excluding carboxylic acids is 1. The number of carbonyl (C=O) groups is 1. The Morgan fingerprint density at radius 1 is 0.407 bits per heavy atom. The Morgan fingerprint density at radius 2 is 0.691 bits per heavy atom. The number of unbranched alkanes of at least 4 members (excludes halogenated alkanes) is 53. The quantitative estimate of drug-likeness (QED) is 0.0261. The van der Waals surface area contributed by atoms with E-state index >= 15 is 0 Å². The number of aliphatic hydroxyl groups excluding tert-OH is 5. The van der Waals surface area contributed by atoms with E-state index in [1.807, 2.05) is 0 Å². The Hall–Kier alpha value is -1.07. The van der Waals surface area contributed by atoms with Crippen molar-refractivity contribution in [3.8, 4) is 0 Å². The molecule has 0 radical (unpaired) electrons. The molecule has 0 aromatic rings. The van der Waals surface area contributed by atoms with Crippen LogP contribution in [0.1, 0.15) is 386 Å². The van der Waals surface area contributed by atoms with E-state index in [9.17, 15) is 30.3 Å². The third-order valence-corrected chi connectivity index (χ3v) is 17.9. The summed E-state index contributed by atoms with van der Waals surface area (Å²) in [6.07, 6.45) is 72.9. The van der Waals surface area contributed by atoms with Crippen molar-refractivity contribution in [3.63, 3.8) is 0 Å². The van der Waals surface area contributed by atoms with Crippen LogP contribution in [0.15, 0.2) is 12.2 Å². The largest absolute Gasteiger partial charge is 0.394 e. The highest BCUT2D eigenvalue weighted by molar-refractivity contribution is 5.76. The van der Waals surface area contributed by atoms with E-state index in [2.05, 4.69) is 31.3 Å². The molecule has 0 saturated carbocycles. The van der Waals surface area contributed by atoms with Gasteiger partial charge in [-0.25, -0.2) is 0 Å². The standard InChI is InChI=1S/C72H141NO8/c1-3-5-7-9-11-13-15-17-19-21-23-25-27-29-31-32-33-34-36-37-39-41-43-45-47-49-51-53-55-57-59-61-66(75)65(64-80-72-71(79)70(78)69(77)67(63-74)81-72)73-68(76)62-60-58-56-54-52-50-48-46-44-42-40-38-35-30-28-26-24-22-20-18-16-14-12-10-8-6-4-2/h22,24,65-67,69-72,74-75,77-79H,3-21,23,25-64H2,1-2H3,(H,73,76)/b24-22-. The summed E-state index contributed by atoms with van der Waals surface area (Å²) in [5, 5.41) is 55.0. The predicted octanol–water partition coefficient (Wildman–Crippen LogP) is 19.9. The van der Waals surface area contributed by atoms with Crippen molar-refractivity contribution in [3.05, 3.63) is 12.2 Å². The summed E-state index contributed by atoms with van der Waals surface area (Å²) in [5.74, 6) is -0.135. The third-order valence-electron chi connectivity index (χ3n) is 17.9. The van der Waals surface area contributed by atoms with Gasteiger partial charge in [-0.2, -0.15) is 0 Å². The zero-order valence-corrected chi connectivity index (χ0v) is 54.1. The van der Waals surface area contributed by atoms with Gasteiger partial charge in [-0.1, -0.05) is 353 Å². The lowest BCUT2D eigenvalue weighted by molar-refractivity contribution is -0.302. The van der Waals surface area contributed by atoms with Gasteiger partial charge in [0.1, 0.15) is 24.4 Å². The Morgan fingerprint density at radius 3 is 1.00 bits per heavy atom. The lowest BCUT2D eigenvalue weighted by atomic mass is 9.99. The SMILES string of the molecule is CCCCCCCCCC/C=C\CCCCCCCCCCCCCCCCCC(=O)NC(COC1OC(CO)C(O)C(O)C1O)C(O)CCCCCCCCCCCCCCCCCCCCCCCCCCCCCCCCC. The van der Waals surface area contributed by atoms with Gasteiger partial charge in [-0.15, -0.1) is 0 Å². The van der Waals surface area contributed by atoms with E-state index in [0.717, 1.165) is 38.5 Å². The molecule has 9 nitrogen and oxygen atoms in total. The first-order valence-corrected chi connectivity index (χ1v) is 36.4. The van der Waals surface area contributed by atoms with Crippen molar-refractivity contribution >= 4 is 5.91 Å². The maximum Gasteiger partial charge on any atom is 0.220 e. The fourth-order valence-corrected chi connectivity index (χ4v) is 12.2. The fourth-order valence-electron chi connectivity index (χ4n) is 12.2. The number of hydrogen-bond donors (Lipinski definition) is 6. The summed E-state index contributed by atoms with van der Waals surface area (Å²) >= 11 is 0. The molecule has 482 valence electrons. The highest BCUT2D eigenvalue weighted by Gasteiger charge is 2.44. The lowest BCUT2D eigenvalue weighted by Crippen LogP contribution is -2.60. The first kappa shape index (κ1) is 77.9. The summed E-state index contributed by atoms with van der Waals surface area (Å²) < 4.78 is 11.4. The summed E-state index contributed by atoms with van der Waals surface area (Å²) in [5.41, 5.74) is 0. The number of ether oxygens (including phenoxy) is 2. The molecular formula is C72H141NO8. The van der Waals surface area contributed by atoms with Crippen LogP contribution in [0, 0.1) is 0 Å². The molecule has 9 heteroatoms. The minimum Gasteiger partial charge on any atom is -0.394 e. The Balaban J connectivity index is 2.09. The topological polar surface area (TPSA) is 149 Å². The van der Waals surface area contributed by atoms with Crippen molar-refractivity contribution < 1.29 is 39.8 Å². The Kier molecular flexibility index (Phi) is 59.7. The van der Waals surface area contributed by atoms with Gasteiger partial charge in [0, 0.05) is 6.42 Å². The van der Waals surface area contributed by atoms with Crippen LogP contribution in [0.25, 0.3) is 0 Å². The van der Waals surface area contributed by atoms with Crippen molar-refractivity contribution in [2.75, 3.05) is 13.2 Å². The molecule has 1 saturated heterocycles. The molecule has 7 unspecified atom stereocenters. The van der Waals surface area contributed by atoms with Gasteiger partial charge in [0.25, 0.3) is 0 Å².